The first kappa shape index (κ1) is 17.8. The summed E-state index contributed by atoms with van der Waals surface area (Å²) in [5.74, 6) is -0.366. The van der Waals surface area contributed by atoms with Gasteiger partial charge in [0, 0.05) is 18.7 Å². The first-order chi connectivity index (χ1) is 13.0. The molecule has 1 aromatic rings. The summed E-state index contributed by atoms with van der Waals surface area (Å²) in [5, 5.41) is 1.31. The van der Waals surface area contributed by atoms with E-state index in [1.807, 2.05) is 19.2 Å². The van der Waals surface area contributed by atoms with Crippen LogP contribution in [-0.4, -0.2) is 35.7 Å². The Morgan fingerprint density at radius 1 is 1.19 bits per heavy atom. The smallest absolute Gasteiger partial charge is 0.253 e. The van der Waals surface area contributed by atoms with Gasteiger partial charge in [-0.2, -0.15) is 0 Å². The van der Waals surface area contributed by atoms with Crippen molar-refractivity contribution in [3.63, 3.8) is 0 Å². The molecule has 3 aliphatic rings. The van der Waals surface area contributed by atoms with Crippen LogP contribution in [0.1, 0.15) is 43.0 Å². The highest BCUT2D eigenvalue weighted by atomic mass is 16.2. The van der Waals surface area contributed by atoms with Crippen LogP contribution in [0.3, 0.4) is 0 Å². The molecule has 1 saturated carbocycles. The van der Waals surface area contributed by atoms with Crippen molar-refractivity contribution in [2.45, 2.75) is 38.6 Å². The highest BCUT2D eigenvalue weighted by Gasteiger charge is 2.42. The van der Waals surface area contributed by atoms with Gasteiger partial charge in [-0.3, -0.25) is 19.8 Å². The van der Waals surface area contributed by atoms with Gasteiger partial charge in [-0.05, 0) is 56.7 Å². The van der Waals surface area contributed by atoms with Crippen LogP contribution in [0.25, 0.3) is 0 Å². The van der Waals surface area contributed by atoms with E-state index in [0.717, 1.165) is 0 Å². The van der Waals surface area contributed by atoms with Gasteiger partial charge in [0.05, 0.1) is 17.5 Å². The van der Waals surface area contributed by atoms with Gasteiger partial charge in [0.25, 0.3) is 5.91 Å². The van der Waals surface area contributed by atoms with Gasteiger partial charge in [-0.25, -0.2) is 5.01 Å². The normalized spacial score (nSPS) is 25.6. The quantitative estimate of drug-likeness (QED) is 0.832. The number of rotatable bonds is 4. The summed E-state index contributed by atoms with van der Waals surface area (Å²) in [5.41, 5.74) is 3.76. The van der Waals surface area contributed by atoms with Gasteiger partial charge in [0.2, 0.25) is 11.8 Å². The summed E-state index contributed by atoms with van der Waals surface area (Å²) >= 11 is 0. The molecule has 0 unspecified atom stereocenters. The van der Waals surface area contributed by atoms with Crippen molar-refractivity contribution in [3.05, 3.63) is 42.0 Å². The fourth-order valence-corrected chi connectivity index (χ4v) is 4.04. The second kappa shape index (κ2) is 6.83. The Balaban J connectivity index is 1.56. The van der Waals surface area contributed by atoms with E-state index in [-0.39, 0.29) is 35.6 Å². The number of amides is 3. The van der Waals surface area contributed by atoms with E-state index in [9.17, 15) is 14.4 Å². The van der Waals surface area contributed by atoms with Crippen LogP contribution in [0.2, 0.25) is 0 Å². The van der Waals surface area contributed by atoms with E-state index in [4.69, 9.17) is 0 Å². The molecule has 2 fully saturated rings. The van der Waals surface area contributed by atoms with E-state index in [2.05, 4.69) is 12.3 Å². The molecule has 6 heteroatoms. The predicted octanol–water partition coefficient (Wildman–Crippen LogP) is 2.52. The number of fused-ring (bicyclic) bond motifs is 1. The molecule has 6 nitrogen and oxygen atoms in total. The van der Waals surface area contributed by atoms with E-state index in [1.54, 1.807) is 29.2 Å². The Morgan fingerprint density at radius 3 is 2.59 bits per heavy atom. The van der Waals surface area contributed by atoms with Crippen molar-refractivity contribution in [3.8, 4) is 0 Å². The monoisotopic (exact) mass is 367 g/mol. The minimum absolute atomic E-state index is 0.0643. The molecule has 0 aromatic heterocycles. The maximum Gasteiger partial charge on any atom is 0.253 e. The molecule has 0 spiro atoms. The zero-order chi connectivity index (χ0) is 19.1. The molecule has 142 valence electrons. The Morgan fingerprint density at radius 2 is 1.89 bits per heavy atom. The summed E-state index contributed by atoms with van der Waals surface area (Å²) in [6.07, 6.45) is 7.43. The van der Waals surface area contributed by atoms with Gasteiger partial charge in [0.15, 0.2) is 0 Å². The predicted molar refractivity (Wildman–Crippen MR) is 102 cm³/mol. The molecule has 2 aliphatic carbocycles. The number of allylic oxidation sites excluding steroid dienone is 2. The molecular formula is C21H25N3O3. The number of anilines is 1. The van der Waals surface area contributed by atoms with Crippen LogP contribution < -0.4 is 10.4 Å². The lowest BCUT2D eigenvalue weighted by Crippen LogP contribution is -2.59. The molecule has 4 rings (SSSR count). The van der Waals surface area contributed by atoms with Crippen LogP contribution in [0.5, 0.6) is 0 Å². The molecule has 3 atom stereocenters. The van der Waals surface area contributed by atoms with Crippen molar-refractivity contribution in [1.29, 1.82) is 0 Å². The Kier molecular flexibility index (Phi) is 4.50. The van der Waals surface area contributed by atoms with Gasteiger partial charge < -0.3 is 4.90 Å². The number of hydrogen-bond acceptors (Lipinski definition) is 3. The highest BCUT2D eigenvalue weighted by molar-refractivity contribution is 6.05. The SMILES string of the molecule is C[C@H](C1CC1)N(C)C(=O)c1cccc(N2NC(=O)[C@H]3CC=CC[C@H]3C2=O)c1. The summed E-state index contributed by atoms with van der Waals surface area (Å²) in [6.45, 7) is 2.07. The summed E-state index contributed by atoms with van der Waals surface area (Å²) < 4.78 is 0. The number of nitrogens with zero attached hydrogens (tertiary/aromatic N) is 2. The van der Waals surface area contributed by atoms with Crippen molar-refractivity contribution in [1.82, 2.24) is 10.3 Å². The Bertz CT molecular complexity index is 815. The van der Waals surface area contributed by atoms with E-state index in [1.165, 1.54) is 17.9 Å². The number of hydrazine groups is 1. The molecule has 1 saturated heterocycles. The second-order valence-corrected chi connectivity index (χ2v) is 7.85. The highest BCUT2D eigenvalue weighted by Crippen LogP contribution is 2.35. The number of nitrogens with one attached hydrogen (secondary N) is 1. The lowest BCUT2D eigenvalue weighted by atomic mass is 9.80. The average Bonchev–Trinajstić information content (AvgIpc) is 3.54. The third-order valence-corrected chi connectivity index (χ3v) is 6.12. The van der Waals surface area contributed by atoms with Crippen LogP contribution in [-0.2, 0) is 9.59 Å². The standard InChI is InChI=1S/C21H25N3O3/c1-13(14-10-11-14)23(2)20(26)15-6-5-7-16(12-15)24-21(27)18-9-4-3-8-17(18)19(25)22-24/h3-7,12-14,17-18H,8-11H2,1-2H3,(H,22,25)/t13-,17+,18-/m1/s1. The summed E-state index contributed by atoms with van der Waals surface area (Å²) in [7, 11) is 1.82. The Labute approximate surface area is 159 Å². The molecule has 0 bridgehead atoms. The van der Waals surface area contributed by atoms with Crippen molar-refractivity contribution < 1.29 is 14.4 Å². The Hall–Kier alpha value is -2.63. The zero-order valence-electron chi connectivity index (χ0n) is 15.7. The third-order valence-electron chi connectivity index (χ3n) is 6.12. The largest absolute Gasteiger partial charge is 0.339 e. The number of hydrogen-bond donors (Lipinski definition) is 1. The molecule has 0 radical (unpaired) electrons. The molecule has 3 amide bonds. The lowest BCUT2D eigenvalue weighted by molar-refractivity contribution is -0.139. The van der Waals surface area contributed by atoms with Gasteiger partial charge in [0.1, 0.15) is 0 Å². The van der Waals surface area contributed by atoms with Crippen molar-refractivity contribution >= 4 is 23.4 Å². The van der Waals surface area contributed by atoms with Crippen LogP contribution in [0, 0.1) is 17.8 Å². The molecule has 1 aromatic carbocycles. The summed E-state index contributed by atoms with van der Waals surface area (Å²) in [6, 6.07) is 7.15. The molecule has 27 heavy (non-hydrogen) atoms. The number of carbonyl (C=O) groups is 3. The average molecular weight is 367 g/mol. The zero-order valence-corrected chi connectivity index (χ0v) is 15.7. The number of benzene rings is 1. The lowest BCUT2D eigenvalue weighted by Gasteiger charge is -2.38. The topological polar surface area (TPSA) is 69.7 Å². The molecule has 1 aliphatic heterocycles. The van der Waals surface area contributed by atoms with E-state index in [0.29, 0.717) is 30.0 Å². The van der Waals surface area contributed by atoms with Gasteiger partial charge in [-0.15, -0.1) is 0 Å². The first-order valence-corrected chi connectivity index (χ1v) is 9.64. The number of carbonyl (C=O) groups excluding carboxylic acids is 3. The minimum atomic E-state index is -0.333. The fourth-order valence-electron chi connectivity index (χ4n) is 4.04. The minimum Gasteiger partial charge on any atom is -0.339 e. The fraction of sp³-hybridized carbons (Fsp3) is 0.476. The molecule has 1 N–H and O–H groups in total. The summed E-state index contributed by atoms with van der Waals surface area (Å²) in [4.78, 5) is 40.0. The third kappa shape index (κ3) is 3.24. The second-order valence-electron chi connectivity index (χ2n) is 7.85. The van der Waals surface area contributed by atoms with Gasteiger partial charge >= 0.3 is 0 Å². The van der Waals surface area contributed by atoms with Gasteiger partial charge in [-0.1, -0.05) is 18.2 Å². The van der Waals surface area contributed by atoms with Crippen molar-refractivity contribution in [2.24, 2.45) is 17.8 Å². The maximum atomic E-state index is 12.9. The van der Waals surface area contributed by atoms with Crippen LogP contribution in [0.4, 0.5) is 5.69 Å². The maximum absolute atomic E-state index is 12.9. The van der Waals surface area contributed by atoms with Crippen molar-refractivity contribution in [2.75, 3.05) is 12.1 Å². The molecular weight excluding hydrogens is 342 g/mol. The first-order valence-electron chi connectivity index (χ1n) is 9.64. The van der Waals surface area contributed by atoms with Crippen LogP contribution in [0.15, 0.2) is 36.4 Å². The van der Waals surface area contributed by atoms with E-state index < -0.39 is 0 Å². The molecule has 1 heterocycles. The van der Waals surface area contributed by atoms with E-state index >= 15 is 0 Å². The van der Waals surface area contributed by atoms with Crippen LogP contribution >= 0.6 is 0 Å².